The predicted octanol–water partition coefficient (Wildman–Crippen LogP) is 4.71. The molecule has 0 aliphatic carbocycles. The number of likely N-dealkylation sites (tertiary alicyclic amines) is 1. The maximum Gasteiger partial charge on any atom is 0.309 e. The summed E-state index contributed by atoms with van der Waals surface area (Å²) in [6.07, 6.45) is 2.28. The molecule has 1 aliphatic heterocycles. The average molecular weight is 423 g/mol. The van der Waals surface area contributed by atoms with Crippen LogP contribution < -0.4 is 0 Å². The molecule has 0 spiro atoms. The zero-order chi connectivity index (χ0) is 21.8. The Hall–Kier alpha value is -3.15. The number of hydrogen-bond acceptors (Lipinski definition) is 3. The number of aromatic amines is 1. The number of halogens is 1. The number of aromatic nitrogens is 1. The van der Waals surface area contributed by atoms with E-state index in [1.165, 1.54) is 12.1 Å². The van der Waals surface area contributed by atoms with E-state index in [-0.39, 0.29) is 23.6 Å². The van der Waals surface area contributed by atoms with Gasteiger partial charge in [-0.2, -0.15) is 0 Å². The topological polar surface area (TPSA) is 62.4 Å². The lowest BCUT2D eigenvalue weighted by Crippen LogP contribution is -2.40. The number of aryl methyl sites for hydroxylation is 1. The van der Waals surface area contributed by atoms with E-state index in [0.717, 1.165) is 27.7 Å². The van der Waals surface area contributed by atoms with Crippen molar-refractivity contribution >= 4 is 22.8 Å². The summed E-state index contributed by atoms with van der Waals surface area (Å²) < 4.78 is 18.5. The molecule has 0 unspecified atom stereocenters. The molecule has 6 heteroatoms. The van der Waals surface area contributed by atoms with Gasteiger partial charge in [-0.25, -0.2) is 4.39 Å². The zero-order valence-electron chi connectivity index (χ0n) is 17.7. The fourth-order valence-electron chi connectivity index (χ4n) is 4.34. The summed E-state index contributed by atoms with van der Waals surface area (Å²) in [5.41, 5.74) is 3.89. The number of ether oxygens (including phenoxy) is 1. The van der Waals surface area contributed by atoms with Gasteiger partial charge in [0, 0.05) is 36.1 Å². The zero-order valence-corrected chi connectivity index (χ0v) is 17.7. The van der Waals surface area contributed by atoms with Crippen molar-refractivity contribution in [3.05, 3.63) is 59.9 Å². The Bertz CT molecular complexity index is 1070. The Kier molecular flexibility index (Phi) is 6.35. The number of rotatable bonds is 6. The summed E-state index contributed by atoms with van der Waals surface area (Å²) in [5, 5.41) is 1.08. The molecular weight excluding hydrogens is 395 g/mol. The van der Waals surface area contributed by atoms with Crippen LogP contribution in [-0.4, -0.2) is 41.5 Å². The predicted molar refractivity (Wildman–Crippen MR) is 118 cm³/mol. The first-order chi connectivity index (χ1) is 15.1. The molecule has 1 aliphatic rings. The van der Waals surface area contributed by atoms with Crippen molar-refractivity contribution in [2.24, 2.45) is 5.92 Å². The summed E-state index contributed by atoms with van der Waals surface area (Å²) in [6, 6.07) is 14.4. The van der Waals surface area contributed by atoms with Crippen LogP contribution in [-0.2, 0) is 20.7 Å². The van der Waals surface area contributed by atoms with E-state index in [4.69, 9.17) is 4.74 Å². The minimum absolute atomic E-state index is 0.0950. The van der Waals surface area contributed by atoms with Crippen molar-refractivity contribution in [1.82, 2.24) is 9.88 Å². The van der Waals surface area contributed by atoms with Crippen LogP contribution in [0.3, 0.4) is 0 Å². The number of piperidine rings is 1. The highest BCUT2D eigenvalue weighted by Gasteiger charge is 2.28. The van der Waals surface area contributed by atoms with Gasteiger partial charge in [0.15, 0.2) is 0 Å². The number of hydrogen-bond donors (Lipinski definition) is 1. The molecule has 2 aromatic carbocycles. The first-order valence-electron chi connectivity index (χ1n) is 10.9. The van der Waals surface area contributed by atoms with E-state index in [1.807, 2.05) is 36.1 Å². The Morgan fingerprint density at radius 1 is 1.10 bits per heavy atom. The number of nitrogens with zero attached hydrogens (tertiary/aromatic N) is 1. The first kappa shape index (κ1) is 21.1. The summed E-state index contributed by atoms with van der Waals surface area (Å²) >= 11 is 0. The number of benzene rings is 2. The molecule has 1 aromatic heterocycles. The highest BCUT2D eigenvalue weighted by atomic mass is 19.1. The van der Waals surface area contributed by atoms with E-state index >= 15 is 0 Å². The van der Waals surface area contributed by atoms with E-state index in [9.17, 15) is 14.0 Å². The summed E-state index contributed by atoms with van der Waals surface area (Å²) in [4.78, 5) is 30.1. The molecule has 1 amide bonds. The van der Waals surface area contributed by atoms with Gasteiger partial charge in [-0.1, -0.05) is 18.2 Å². The highest BCUT2D eigenvalue weighted by Crippen LogP contribution is 2.32. The molecule has 4 rings (SSSR count). The van der Waals surface area contributed by atoms with E-state index in [1.54, 1.807) is 12.1 Å². The maximum absolute atomic E-state index is 13.4. The van der Waals surface area contributed by atoms with Crippen LogP contribution in [0.15, 0.2) is 48.5 Å². The van der Waals surface area contributed by atoms with Gasteiger partial charge in [0.25, 0.3) is 0 Å². The van der Waals surface area contributed by atoms with Crippen molar-refractivity contribution in [3.63, 3.8) is 0 Å². The second kappa shape index (κ2) is 9.33. The molecule has 0 radical (unpaired) electrons. The van der Waals surface area contributed by atoms with Gasteiger partial charge in [-0.3, -0.25) is 9.59 Å². The third-order valence-corrected chi connectivity index (χ3v) is 6.00. The lowest BCUT2D eigenvalue weighted by Gasteiger charge is -2.31. The monoisotopic (exact) mass is 422 g/mol. The third kappa shape index (κ3) is 4.63. The number of fused-ring (bicyclic) bond motifs is 1. The normalized spacial score (nSPS) is 14.7. The Balaban J connectivity index is 1.46. The van der Waals surface area contributed by atoms with Crippen LogP contribution in [0.4, 0.5) is 4.39 Å². The molecule has 1 N–H and O–H groups in total. The van der Waals surface area contributed by atoms with Crippen LogP contribution in [0.1, 0.15) is 31.7 Å². The summed E-state index contributed by atoms with van der Waals surface area (Å²) in [5.74, 6) is -0.444. The smallest absolute Gasteiger partial charge is 0.309 e. The minimum atomic E-state index is -0.275. The molecule has 0 atom stereocenters. The Morgan fingerprint density at radius 3 is 2.52 bits per heavy atom. The van der Waals surface area contributed by atoms with Gasteiger partial charge in [-0.15, -0.1) is 0 Å². The second-order valence-corrected chi connectivity index (χ2v) is 7.94. The van der Waals surface area contributed by atoms with Gasteiger partial charge in [0.1, 0.15) is 5.82 Å². The highest BCUT2D eigenvalue weighted by molar-refractivity contribution is 5.91. The van der Waals surface area contributed by atoms with Gasteiger partial charge in [0.2, 0.25) is 5.91 Å². The van der Waals surface area contributed by atoms with Crippen molar-refractivity contribution in [3.8, 4) is 11.3 Å². The van der Waals surface area contributed by atoms with Crippen LogP contribution in [0.2, 0.25) is 0 Å². The molecule has 1 saturated heterocycles. The van der Waals surface area contributed by atoms with Crippen molar-refractivity contribution in [1.29, 1.82) is 0 Å². The lowest BCUT2D eigenvalue weighted by atomic mass is 9.96. The Morgan fingerprint density at radius 2 is 1.81 bits per heavy atom. The molecule has 31 heavy (non-hydrogen) atoms. The van der Waals surface area contributed by atoms with Crippen molar-refractivity contribution in [2.45, 2.75) is 32.6 Å². The quantitative estimate of drug-likeness (QED) is 0.586. The number of nitrogens with one attached hydrogen (secondary N) is 1. The van der Waals surface area contributed by atoms with E-state index in [0.29, 0.717) is 45.4 Å². The maximum atomic E-state index is 13.4. The summed E-state index contributed by atoms with van der Waals surface area (Å²) in [6.45, 7) is 3.36. The number of carbonyl (C=O) groups excluding carboxylic acids is 2. The molecule has 1 fully saturated rings. The number of para-hydroxylation sites is 1. The molecule has 3 aromatic rings. The van der Waals surface area contributed by atoms with E-state index in [2.05, 4.69) is 4.98 Å². The first-order valence-corrected chi connectivity index (χ1v) is 10.9. The number of H-pyrrole nitrogens is 1. The molecule has 0 bridgehead atoms. The van der Waals surface area contributed by atoms with Crippen LogP contribution >= 0.6 is 0 Å². The number of carbonyl (C=O) groups is 2. The molecule has 162 valence electrons. The second-order valence-electron chi connectivity index (χ2n) is 7.94. The average Bonchev–Trinajstić information content (AvgIpc) is 3.17. The lowest BCUT2D eigenvalue weighted by molar-refractivity contribution is -0.151. The van der Waals surface area contributed by atoms with Crippen LogP contribution in [0, 0.1) is 11.7 Å². The molecule has 0 saturated carbocycles. The van der Waals surface area contributed by atoms with Gasteiger partial charge < -0.3 is 14.6 Å². The fraction of sp³-hybridized carbons (Fsp3) is 0.360. The summed E-state index contributed by atoms with van der Waals surface area (Å²) in [7, 11) is 0. The standard InChI is InChI=1S/C25H27FN2O3/c1-2-31-25(30)18-13-15-28(16-14-18)23(29)12-11-21-20-5-3-4-6-22(20)27-24(21)17-7-9-19(26)10-8-17/h3-10,18,27H,2,11-16H2,1H3. The van der Waals surface area contributed by atoms with Crippen molar-refractivity contribution < 1.29 is 18.7 Å². The van der Waals surface area contributed by atoms with Gasteiger partial charge in [0.05, 0.1) is 12.5 Å². The van der Waals surface area contributed by atoms with Gasteiger partial charge in [-0.05, 0) is 67.6 Å². The largest absolute Gasteiger partial charge is 0.466 e. The number of esters is 1. The van der Waals surface area contributed by atoms with Crippen LogP contribution in [0.5, 0.6) is 0 Å². The Labute approximate surface area is 181 Å². The molecular formula is C25H27FN2O3. The van der Waals surface area contributed by atoms with Crippen LogP contribution in [0.25, 0.3) is 22.2 Å². The molecule has 5 nitrogen and oxygen atoms in total. The minimum Gasteiger partial charge on any atom is -0.466 e. The van der Waals surface area contributed by atoms with E-state index < -0.39 is 0 Å². The number of amides is 1. The molecule has 2 heterocycles. The van der Waals surface area contributed by atoms with Gasteiger partial charge >= 0.3 is 5.97 Å². The SMILES string of the molecule is CCOC(=O)C1CCN(C(=O)CCc2c(-c3ccc(F)cc3)[nH]c3ccccc23)CC1. The fourth-order valence-corrected chi connectivity index (χ4v) is 4.34. The third-order valence-electron chi connectivity index (χ3n) is 6.00. The van der Waals surface area contributed by atoms with Crippen molar-refractivity contribution in [2.75, 3.05) is 19.7 Å².